The quantitative estimate of drug-likeness (QED) is 0.816. The predicted octanol–water partition coefficient (Wildman–Crippen LogP) is 1.33. The second kappa shape index (κ2) is 7.22. The van der Waals surface area contributed by atoms with Crippen LogP contribution in [0.2, 0.25) is 0 Å². The van der Waals surface area contributed by atoms with Crippen LogP contribution in [0, 0.1) is 0 Å². The number of ether oxygens (including phenoxy) is 2. The molecule has 0 aliphatic carbocycles. The Labute approximate surface area is 117 Å². The van der Waals surface area contributed by atoms with Crippen molar-refractivity contribution in [2.75, 3.05) is 25.6 Å². The summed E-state index contributed by atoms with van der Waals surface area (Å²) in [4.78, 5) is 16.5. The highest BCUT2D eigenvalue weighted by Crippen LogP contribution is 2.12. The van der Waals surface area contributed by atoms with Gasteiger partial charge in [0, 0.05) is 24.9 Å². The summed E-state index contributed by atoms with van der Waals surface area (Å²) in [6.07, 6.45) is 2.44. The molecule has 1 N–H and O–H groups in total. The van der Waals surface area contributed by atoms with Gasteiger partial charge in [0.1, 0.15) is 0 Å². The highest BCUT2D eigenvalue weighted by atomic mass is 16.5. The molecule has 0 unspecified atom stereocenters. The molecule has 0 aromatic carbocycles. The van der Waals surface area contributed by atoms with Crippen LogP contribution in [0.5, 0.6) is 12.0 Å². The summed E-state index contributed by atoms with van der Waals surface area (Å²) in [7, 11) is 1.50. The molecule has 0 spiro atoms. The van der Waals surface area contributed by atoms with Crippen molar-refractivity contribution in [1.29, 1.82) is 0 Å². The van der Waals surface area contributed by atoms with Crippen LogP contribution >= 0.6 is 0 Å². The Hall–Kier alpha value is -2.44. The molecule has 7 nitrogen and oxygen atoms in total. The van der Waals surface area contributed by atoms with Crippen LogP contribution in [0.3, 0.4) is 0 Å². The Morgan fingerprint density at radius 2 is 2.00 bits per heavy atom. The molecule has 0 fully saturated rings. The molecule has 0 amide bonds. The maximum atomic E-state index is 5.52. The zero-order valence-corrected chi connectivity index (χ0v) is 11.5. The van der Waals surface area contributed by atoms with E-state index in [-0.39, 0.29) is 12.0 Å². The van der Waals surface area contributed by atoms with E-state index in [9.17, 15) is 0 Å². The molecule has 106 valence electrons. The first-order valence-electron chi connectivity index (χ1n) is 6.38. The standard InChI is InChI=1S/C13H17N5O2/c1-3-14-11-16-12(19-2)18-13(17-11)20-9-7-10-6-4-5-8-15-10/h4-6,8H,3,7,9H2,1-2H3,(H,14,16,17,18). The third-order valence-corrected chi connectivity index (χ3v) is 2.43. The maximum absolute atomic E-state index is 5.52. The van der Waals surface area contributed by atoms with Crippen LogP contribution in [-0.4, -0.2) is 40.2 Å². The number of nitrogens with zero attached hydrogens (tertiary/aromatic N) is 4. The fourth-order valence-corrected chi connectivity index (χ4v) is 1.52. The molecule has 2 aromatic heterocycles. The summed E-state index contributed by atoms with van der Waals surface area (Å²) >= 11 is 0. The van der Waals surface area contributed by atoms with Gasteiger partial charge in [0.25, 0.3) is 0 Å². The SMILES string of the molecule is CCNc1nc(OC)nc(OCCc2ccccn2)n1. The van der Waals surface area contributed by atoms with Gasteiger partial charge in [-0.05, 0) is 19.1 Å². The summed E-state index contributed by atoms with van der Waals surface area (Å²) in [5, 5.41) is 3.00. The number of aromatic nitrogens is 4. The van der Waals surface area contributed by atoms with Crippen molar-refractivity contribution in [3.05, 3.63) is 30.1 Å². The molecule has 20 heavy (non-hydrogen) atoms. The van der Waals surface area contributed by atoms with Crippen molar-refractivity contribution >= 4 is 5.95 Å². The van der Waals surface area contributed by atoms with Crippen molar-refractivity contribution < 1.29 is 9.47 Å². The van der Waals surface area contributed by atoms with Gasteiger partial charge in [-0.3, -0.25) is 4.98 Å². The molecular weight excluding hydrogens is 258 g/mol. The maximum Gasteiger partial charge on any atom is 0.324 e. The van der Waals surface area contributed by atoms with Crippen LogP contribution in [0.25, 0.3) is 0 Å². The topological polar surface area (TPSA) is 82.1 Å². The molecule has 0 bridgehead atoms. The van der Waals surface area contributed by atoms with Gasteiger partial charge in [0.2, 0.25) is 5.95 Å². The second-order valence-electron chi connectivity index (χ2n) is 3.88. The summed E-state index contributed by atoms with van der Waals surface area (Å²) in [5.74, 6) is 0.437. The van der Waals surface area contributed by atoms with Gasteiger partial charge >= 0.3 is 12.0 Å². The van der Waals surface area contributed by atoms with Crippen LogP contribution in [-0.2, 0) is 6.42 Å². The summed E-state index contributed by atoms with van der Waals surface area (Å²) in [6, 6.07) is 6.23. The highest BCUT2D eigenvalue weighted by Gasteiger charge is 2.07. The van der Waals surface area contributed by atoms with E-state index < -0.39 is 0 Å². The molecule has 0 aliphatic heterocycles. The third kappa shape index (κ3) is 4.04. The van der Waals surface area contributed by atoms with E-state index in [0.717, 1.165) is 5.69 Å². The van der Waals surface area contributed by atoms with Crippen molar-refractivity contribution in [1.82, 2.24) is 19.9 Å². The van der Waals surface area contributed by atoms with Crippen LogP contribution in [0.15, 0.2) is 24.4 Å². The number of methoxy groups -OCH3 is 1. The van der Waals surface area contributed by atoms with E-state index in [1.807, 2.05) is 25.1 Å². The molecule has 0 radical (unpaired) electrons. The van der Waals surface area contributed by atoms with Crippen LogP contribution in [0.4, 0.5) is 5.95 Å². The Balaban J connectivity index is 1.96. The Bertz CT molecular complexity index is 536. The van der Waals surface area contributed by atoms with E-state index in [4.69, 9.17) is 9.47 Å². The Kier molecular flexibility index (Phi) is 5.05. The van der Waals surface area contributed by atoms with Crippen LogP contribution in [0.1, 0.15) is 12.6 Å². The Morgan fingerprint density at radius 1 is 1.15 bits per heavy atom. The Morgan fingerprint density at radius 3 is 2.70 bits per heavy atom. The monoisotopic (exact) mass is 275 g/mol. The van der Waals surface area contributed by atoms with Gasteiger partial charge in [-0.15, -0.1) is 4.98 Å². The summed E-state index contributed by atoms with van der Waals surface area (Å²) in [6.45, 7) is 3.11. The lowest BCUT2D eigenvalue weighted by Gasteiger charge is -2.07. The van der Waals surface area contributed by atoms with E-state index in [2.05, 4.69) is 25.3 Å². The van der Waals surface area contributed by atoms with Gasteiger partial charge in [-0.1, -0.05) is 6.07 Å². The largest absolute Gasteiger partial charge is 0.467 e. The van der Waals surface area contributed by atoms with Crippen molar-refractivity contribution in [3.8, 4) is 12.0 Å². The van der Waals surface area contributed by atoms with E-state index in [1.54, 1.807) is 6.20 Å². The minimum Gasteiger partial charge on any atom is -0.467 e. The summed E-state index contributed by atoms with van der Waals surface area (Å²) < 4.78 is 10.5. The second-order valence-corrected chi connectivity index (χ2v) is 3.88. The van der Waals surface area contributed by atoms with Crippen LogP contribution < -0.4 is 14.8 Å². The normalized spacial score (nSPS) is 10.1. The molecular formula is C13H17N5O2. The first-order valence-corrected chi connectivity index (χ1v) is 6.38. The molecule has 2 aromatic rings. The number of hydrogen-bond donors (Lipinski definition) is 1. The average Bonchev–Trinajstić information content (AvgIpc) is 2.48. The molecule has 0 aliphatic rings. The van der Waals surface area contributed by atoms with E-state index in [1.165, 1.54) is 7.11 Å². The number of rotatable bonds is 7. The lowest BCUT2D eigenvalue weighted by molar-refractivity contribution is 0.284. The van der Waals surface area contributed by atoms with Gasteiger partial charge < -0.3 is 14.8 Å². The lowest BCUT2D eigenvalue weighted by atomic mass is 10.3. The molecule has 2 rings (SSSR count). The fraction of sp³-hybridized carbons (Fsp3) is 0.385. The number of pyridine rings is 1. The molecule has 0 saturated carbocycles. The van der Waals surface area contributed by atoms with E-state index in [0.29, 0.717) is 25.5 Å². The minimum absolute atomic E-state index is 0.226. The smallest absolute Gasteiger partial charge is 0.324 e. The van der Waals surface area contributed by atoms with Crippen molar-refractivity contribution in [2.24, 2.45) is 0 Å². The fourth-order valence-electron chi connectivity index (χ4n) is 1.52. The molecule has 7 heteroatoms. The molecule has 2 heterocycles. The van der Waals surface area contributed by atoms with Crippen molar-refractivity contribution in [3.63, 3.8) is 0 Å². The van der Waals surface area contributed by atoms with E-state index >= 15 is 0 Å². The average molecular weight is 275 g/mol. The molecule has 0 atom stereocenters. The first-order chi connectivity index (χ1) is 9.81. The van der Waals surface area contributed by atoms with Gasteiger partial charge in [-0.2, -0.15) is 9.97 Å². The van der Waals surface area contributed by atoms with Crippen molar-refractivity contribution in [2.45, 2.75) is 13.3 Å². The van der Waals surface area contributed by atoms with Gasteiger partial charge in [-0.25, -0.2) is 0 Å². The lowest BCUT2D eigenvalue weighted by Crippen LogP contribution is -2.09. The van der Waals surface area contributed by atoms with Gasteiger partial charge in [0.15, 0.2) is 0 Å². The molecule has 0 saturated heterocycles. The number of nitrogens with one attached hydrogen (secondary N) is 1. The first kappa shape index (κ1) is 14.0. The summed E-state index contributed by atoms with van der Waals surface area (Å²) in [5.41, 5.74) is 0.959. The third-order valence-electron chi connectivity index (χ3n) is 2.43. The van der Waals surface area contributed by atoms with Gasteiger partial charge in [0.05, 0.1) is 13.7 Å². The highest BCUT2D eigenvalue weighted by molar-refractivity contribution is 5.27. The number of hydrogen-bond acceptors (Lipinski definition) is 7. The minimum atomic E-state index is 0.226. The number of anilines is 1. The zero-order valence-electron chi connectivity index (χ0n) is 11.5. The zero-order chi connectivity index (χ0) is 14.2. The predicted molar refractivity (Wildman–Crippen MR) is 74.0 cm³/mol.